The number of aliphatic hydroxyl groups is 2. The molecule has 1 heterocycles. The van der Waals surface area contributed by atoms with Crippen molar-refractivity contribution in [2.45, 2.75) is 33.3 Å². The van der Waals surface area contributed by atoms with Crippen LogP contribution in [0.5, 0.6) is 0 Å². The molecular weight excluding hydrogens is 212 g/mol. The van der Waals surface area contributed by atoms with Crippen molar-refractivity contribution >= 4 is 17.6 Å². The number of hydrogen-bond acceptors (Lipinski definition) is 4. The first-order valence-electron chi connectivity index (χ1n) is 4.76. The Morgan fingerprint density at radius 2 is 1.73 bits per heavy atom. The molecule has 0 spiro atoms. The summed E-state index contributed by atoms with van der Waals surface area (Å²) in [5.41, 5.74) is -0.827. The van der Waals surface area contributed by atoms with Crippen molar-refractivity contribution in [1.82, 2.24) is 0 Å². The Balaban J connectivity index is 0. The Bertz CT molecular complexity index is 261. The van der Waals surface area contributed by atoms with E-state index < -0.39 is 5.60 Å². The van der Waals surface area contributed by atoms with Crippen LogP contribution in [0, 0.1) is 0 Å². The molecule has 0 fully saturated rings. The van der Waals surface area contributed by atoms with Gasteiger partial charge in [-0.1, -0.05) is 13.8 Å². The van der Waals surface area contributed by atoms with Gasteiger partial charge in [-0.2, -0.15) is 0 Å². The SMILES string of the molecule is CC.CC(C)(O)c1ccc(C=O)s1.CO. The van der Waals surface area contributed by atoms with Gasteiger partial charge in [0.25, 0.3) is 0 Å². The van der Waals surface area contributed by atoms with Crippen LogP contribution < -0.4 is 0 Å². The zero-order valence-electron chi connectivity index (χ0n) is 9.94. The molecule has 2 N–H and O–H groups in total. The van der Waals surface area contributed by atoms with Gasteiger partial charge in [-0.05, 0) is 26.0 Å². The van der Waals surface area contributed by atoms with Crippen molar-refractivity contribution < 1.29 is 15.0 Å². The third kappa shape index (κ3) is 6.38. The summed E-state index contributed by atoms with van der Waals surface area (Å²) >= 11 is 1.32. The average Bonchev–Trinajstić information content (AvgIpc) is 2.71. The van der Waals surface area contributed by atoms with Crippen molar-refractivity contribution in [3.63, 3.8) is 0 Å². The fourth-order valence-electron chi connectivity index (χ4n) is 0.745. The molecular formula is C11H20O3S. The third-order valence-corrected chi connectivity index (χ3v) is 2.67. The number of carbonyl (C=O) groups excluding carboxylic acids is 1. The summed E-state index contributed by atoms with van der Waals surface area (Å²) in [5, 5.41) is 16.5. The second-order valence-corrected chi connectivity index (χ2v) is 3.99. The maximum atomic E-state index is 10.3. The fraction of sp³-hybridized carbons (Fsp3) is 0.545. The maximum absolute atomic E-state index is 10.3. The van der Waals surface area contributed by atoms with Gasteiger partial charge in [-0.15, -0.1) is 11.3 Å². The summed E-state index contributed by atoms with van der Waals surface area (Å²) < 4.78 is 0. The molecule has 0 aromatic carbocycles. The van der Waals surface area contributed by atoms with Crippen LogP contribution in [0.1, 0.15) is 42.2 Å². The van der Waals surface area contributed by atoms with Gasteiger partial charge in [0, 0.05) is 12.0 Å². The summed E-state index contributed by atoms with van der Waals surface area (Å²) in [6.45, 7) is 7.40. The van der Waals surface area contributed by atoms with E-state index in [-0.39, 0.29) is 0 Å². The second kappa shape index (κ2) is 8.59. The van der Waals surface area contributed by atoms with Crippen molar-refractivity contribution in [2.75, 3.05) is 7.11 Å². The molecule has 1 aromatic rings. The van der Waals surface area contributed by atoms with Crippen LogP contribution in [0.25, 0.3) is 0 Å². The minimum absolute atomic E-state index is 0.655. The fourth-order valence-corrected chi connectivity index (χ4v) is 1.57. The van der Waals surface area contributed by atoms with E-state index in [1.54, 1.807) is 26.0 Å². The van der Waals surface area contributed by atoms with E-state index in [1.165, 1.54) is 11.3 Å². The van der Waals surface area contributed by atoms with Crippen molar-refractivity contribution in [1.29, 1.82) is 0 Å². The molecule has 0 atom stereocenters. The van der Waals surface area contributed by atoms with Crippen molar-refractivity contribution in [2.24, 2.45) is 0 Å². The third-order valence-electron chi connectivity index (χ3n) is 1.35. The van der Waals surface area contributed by atoms with Gasteiger partial charge in [0.1, 0.15) is 0 Å². The lowest BCUT2D eigenvalue weighted by Gasteiger charge is -2.13. The molecule has 0 aliphatic carbocycles. The standard InChI is InChI=1S/C8H10O2S.C2H6.CH4O/c1-8(2,10)7-4-3-6(5-9)11-7;2*1-2/h3-5,10H,1-2H3;1-2H3;2H,1H3. The highest BCUT2D eigenvalue weighted by Gasteiger charge is 2.17. The zero-order chi connectivity index (χ0) is 12.5. The number of carbonyl (C=O) groups is 1. The highest BCUT2D eigenvalue weighted by molar-refractivity contribution is 7.13. The maximum Gasteiger partial charge on any atom is 0.160 e. The molecule has 0 aliphatic heterocycles. The first kappa shape index (κ1) is 16.7. The van der Waals surface area contributed by atoms with Crippen molar-refractivity contribution in [3.8, 4) is 0 Å². The number of hydrogen-bond donors (Lipinski definition) is 2. The van der Waals surface area contributed by atoms with E-state index in [0.29, 0.717) is 4.88 Å². The Morgan fingerprint density at radius 1 is 1.27 bits per heavy atom. The van der Waals surface area contributed by atoms with E-state index in [4.69, 9.17) is 5.11 Å². The minimum atomic E-state index is -0.827. The first-order valence-corrected chi connectivity index (χ1v) is 5.58. The van der Waals surface area contributed by atoms with Gasteiger partial charge < -0.3 is 10.2 Å². The van der Waals surface area contributed by atoms with Gasteiger partial charge in [0.2, 0.25) is 0 Å². The molecule has 0 saturated heterocycles. The number of thiophene rings is 1. The lowest BCUT2D eigenvalue weighted by molar-refractivity contribution is 0.0825. The molecule has 1 aromatic heterocycles. The smallest absolute Gasteiger partial charge is 0.160 e. The molecule has 0 radical (unpaired) electrons. The molecule has 0 aliphatic rings. The summed E-state index contributed by atoms with van der Waals surface area (Å²) in [7, 11) is 1.00. The van der Waals surface area contributed by atoms with Crippen LogP contribution in [0.4, 0.5) is 0 Å². The van der Waals surface area contributed by atoms with E-state index >= 15 is 0 Å². The molecule has 0 saturated carbocycles. The highest BCUT2D eigenvalue weighted by atomic mass is 32.1. The van der Waals surface area contributed by atoms with Crippen LogP contribution in [-0.4, -0.2) is 23.6 Å². The second-order valence-electron chi connectivity index (χ2n) is 2.88. The quantitative estimate of drug-likeness (QED) is 0.770. The molecule has 15 heavy (non-hydrogen) atoms. The van der Waals surface area contributed by atoms with Crippen LogP contribution in [0.3, 0.4) is 0 Å². The highest BCUT2D eigenvalue weighted by Crippen LogP contribution is 2.26. The Morgan fingerprint density at radius 3 is 1.93 bits per heavy atom. The zero-order valence-corrected chi connectivity index (χ0v) is 10.8. The van der Waals surface area contributed by atoms with E-state index in [2.05, 4.69) is 0 Å². The predicted molar refractivity (Wildman–Crippen MR) is 64.4 cm³/mol. The van der Waals surface area contributed by atoms with E-state index in [9.17, 15) is 9.90 Å². The number of rotatable bonds is 2. The predicted octanol–water partition coefficient (Wildman–Crippen LogP) is 2.42. The lowest BCUT2D eigenvalue weighted by Crippen LogP contribution is -2.12. The molecule has 1 rings (SSSR count). The van der Waals surface area contributed by atoms with E-state index in [1.807, 2.05) is 13.8 Å². The van der Waals surface area contributed by atoms with Crippen LogP contribution >= 0.6 is 11.3 Å². The Hall–Kier alpha value is -0.710. The summed E-state index contributed by atoms with van der Waals surface area (Å²) in [4.78, 5) is 11.7. The van der Waals surface area contributed by atoms with Gasteiger partial charge in [-0.3, -0.25) is 4.79 Å². The topological polar surface area (TPSA) is 57.5 Å². The molecule has 88 valence electrons. The Kier molecular flexibility index (Phi) is 9.57. The van der Waals surface area contributed by atoms with Gasteiger partial charge in [0.05, 0.1) is 10.5 Å². The monoisotopic (exact) mass is 232 g/mol. The summed E-state index contributed by atoms with van der Waals surface area (Å²) in [5.74, 6) is 0. The van der Waals surface area contributed by atoms with Gasteiger partial charge in [-0.25, -0.2) is 0 Å². The number of aldehydes is 1. The van der Waals surface area contributed by atoms with Gasteiger partial charge in [0.15, 0.2) is 6.29 Å². The molecule has 0 amide bonds. The molecule has 3 nitrogen and oxygen atoms in total. The van der Waals surface area contributed by atoms with Crippen LogP contribution in [-0.2, 0) is 5.60 Å². The molecule has 0 unspecified atom stereocenters. The van der Waals surface area contributed by atoms with Crippen molar-refractivity contribution in [3.05, 3.63) is 21.9 Å². The molecule has 4 heteroatoms. The largest absolute Gasteiger partial charge is 0.400 e. The number of aliphatic hydroxyl groups excluding tert-OH is 1. The summed E-state index contributed by atoms with van der Waals surface area (Å²) in [6.07, 6.45) is 0.792. The van der Waals surface area contributed by atoms with E-state index in [0.717, 1.165) is 18.3 Å². The molecule has 0 bridgehead atoms. The normalized spacial score (nSPS) is 9.27. The lowest BCUT2D eigenvalue weighted by atomic mass is 10.1. The Labute approximate surface area is 95.4 Å². The summed E-state index contributed by atoms with van der Waals surface area (Å²) in [6, 6.07) is 3.49. The van der Waals surface area contributed by atoms with Gasteiger partial charge >= 0.3 is 0 Å². The average molecular weight is 232 g/mol. The van der Waals surface area contributed by atoms with Crippen LogP contribution in [0.15, 0.2) is 12.1 Å². The first-order chi connectivity index (χ1) is 7.04. The van der Waals surface area contributed by atoms with Crippen LogP contribution in [0.2, 0.25) is 0 Å². The minimum Gasteiger partial charge on any atom is -0.400 e.